The van der Waals surface area contributed by atoms with E-state index in [1.165, 1.54) is 19.2 Å². The highest BCUT2D eigenvalue weighted by Gasteiger charge is 2.39. The van der Waals surface area contributed by atoms with E-state index in [-0.39, 0.29) is 51.9 Å². The fraction of sp³-hybridized carbons (Fsp3) is 0.346. The second-order valence-corrected chi connectivity index (χ2v) is 9.24. The van der Waals surface area contributed by atoms with Gasteiger partial charge in [-0.25, -0.2) is 4.89 Å². The molecule has 0 amide bonds. The van der Waals surface area contributed by atoms with Crippen molar-refractivity contribution in [2.24, 2.45) is 5.92 Å². The van der Waals surface area contributed by atoms with Gasteiger partial charge in [0.1, 0.15) is 51.4 Å². The Balaban J connectivity index is 2.06. The average molecular weight is 469 g/mol. The summed E-state index contributed by atoms with van der Waals surface area (Å²) in [6.07, 6.45) is 2.83. The van der Waals surface area contributed by atoms with Crippen molar-refractivity contribution in [1.82, 2.24) is 0 Å². The molecule has 3 aromatic rings. The zero-order valence-corrected chi connectivity index (χ0v) is 19.7. The number of phenols is 2. The zero-order chi connectivity index (χ0) is 24.8. The summed E-state index contributed by atoms with van der Waals surface area (Å²) < 4.78 is 17.7. The third-order valence-electron chi connectivity index (χ3n) is 6.00. The normalized spacial score (nSPS) is 15.8. The molecule has 2 heterocycles. The Labute approximate surface area is 196 Å². The van der Waals surface area contributed by atoms with Crippen LogP contribution in [0.3, 0.4) is 0 Å². The topological polar surface area (TPSA) is 119 Å². The second-order valence-electron chi connectivity index (χ2n) is 9.24. The molecule has 0 aliphatic carbocycles. The number of benzene rings is 2. The van der Waals surface area contributed by atoms with Crippen LogP contribution in [0.1, 0.15) is 38.8 Å². The summed E-state index contributed by atoms with van der Waals surface area (Å²) in [7, 11) is 1.47. The van der Waals surface area contributed by atoms with Crippen LogP contribution in [0.25, 0.3) is 28.4 Å². The number of methoxy groups -OCH3 is 1. The van der Waals surface area contributed by atoms with Crippen molar-refractivity contribution in [2.45, 2.75) is 45.8 Å². The molecule has 0 saturated heterocycles. The number of phenolic OH excluding ortho intramolecular Hbond substituents is 2. The molecule has 0 radical (unpaired) electrons. The van der Waals surface area contributed by atoms with Crippen LogP contribution in [0.15, 0.2) is 39.6 Å². The van der Waals surface area contributed by atoms with Crippen LogP contribution in [-0.4, -0.2) is 34.3 Å². The lowest BCUT2D eigenvalue weighted by Gasteiger charge is -2.30. The maximum atomic E-state index is 13.8. The quantitative estimate of drug-likeness (QED) is 0.349. The molecule has 0 unspecified atom stereocenters. The lowest BCUT2D eigenvalue weighted by Crippen LogP contribution is -2.44. The Bertz CT molecular complexity index is 1330. The predicted molar refractivity (Wildman–Crippen MR) is 128 cm³/mol. The van der Waals surface area contributed by atoms with Gasteiger partial charge >= 0.3 is 0 Å². The molecular weight excluding hydrogens is 440 g/mol. The van der Waals surface area contributed by atoms with Crippen molar-refractivity contribution in [2.75, 3.05) is 7.11 Å². The van der Waals surface area contributed by atoms with Gasteiger partial charge in [0, 0.05) is 24.1 Å². The van der Waals surface area contributed by atoms with Crippen LogP contribution in [0.4, 0.5) is 0 Å². The highest BCUT2D eigenvalue weighted by atomic mass is 17.1. The van der Waals surface area contributed by atoms with Gasteiger partial charge < -0.3 is 24.1 Å². The number of aromatic hydroxyl groups is 2. The van der Waals surface area contributed by atoms with Gasteiger partial charge in [0.2, 0.25) is 0 Å². The molecule has 1 aliphatic heterocycles. The summed E-state index contributed by atoms with van der Waals surface area (Å²) in [5.41, 5.74) is -0.397. The molecule has 0 fully saturated rings. The Morgan fingerprint density at radius 1 is 1.21 bits per heavy atom. The number of hydrogen-bond acceptors (Lipinski definition) is 8. The number of rotatable bonds is 5. The summed E-state index contributed by atoms with van der Waals surface area (Å²) in [4.78, 5) is 18.4. The molecular formula is C26H28O8. The highest BCUT2D eigenvalue weighted by Crippen LogP contribution is 2.43. The second kappa shape index (κ2) is 8.70. The van der Waals surface area contributed by atoms with Gasteiger partial charge in [-0.15, -0.1) is 0 Å². The summed E-state index contributed by atoms with van der Waals surface area (Å²) in [5.74, 6) is 0.809. The average Bonchev–Trinajstić information content (AvgIpc) is 2.95. The van der Waals surface area contributed by atoms with Gasteiger partial charge in [0.15, 0.2) is 5.43 Å². The molecule has 0 saturated carbocycles. The molecule has 34 heavy (non-hydrogen) atoms. The van der Waals surface area contributed by atoms with E-state index in [0.29, 0.717) is 16.9 Å². The predicted octanol–water partition coefficient (Wildman–Crippen LogP) is 5.12. The van der Waals surface area contributed by atoms with Crippen molar-refractivity contribution < 1.29 is 34.2 Å². The van der Waals surface area contributed by atoms with E-state index >= 15 is 0 Å². The fourth-order valence-corrected chi connectivity index (χ4v) is 4.01. The van der Waals surface area contributed by atoms with Crippen molar-refractivity contribution in [3.8, 4) is 34.3 Å². The fourth-order valence-electron chi connectivity index (χ4n) is 4.01. The van der Waals surface area contributed by atoms with Gasteiger partial charge in [0.25, 0.3) is 0 Å². The van der Waals surface area contributed by atoms with Crippen molar-refractivity contribution in [1.29, 1.82) is 0 Å². The molecule has 1 aliphatic rings. The van der Waals surface area contributed by atoms with E-state index in [0.717, 1.165) is 0 Å². The van der Waals surface area contributed by atoms with E-state index in [2.05, 4.69) is 4.89 Å². The molecule has 2 aromatic carbocycles. The molecule has 180 valence electrons. The number of fused-ring (bicyclic) bond motifs is 4. The molecule has 1 atom stereocenters. The molecule has 8 heteroatoms. The summed E-state index contributed by atoms with van der Waals surface area (Å²) in [6, 6.07) is 6.03. The molecule has 4 rings (SSSR count). The summed E-state index contributed by atoms with van der Waals surface area (Å²) in [5, 5.41) is 30.6. The molecule has 3 N–H and O–H groups in total. The Morgan fingerprint density at radius 2 is 1.94 bits per heavy atom. The Morgan fingerprint density at radius 3 is 2.59 bits per heavy atom. The van der Waals surface area contributed by atoms with E-state index in [9.17, 15) is 20.3 Å². The summed E-state index contributed by atoms with van der Waals surface area (Å²) in [6.45, 7) is 7.22. The SMILES string of the molecule is COc1cc2oc3c(c(=O)c2c(O)c1C=CC(C)C)C[C@H](C(C)(C)OO)Oc1cc(O)ccc1-3. The van der Waals surface area contributed by atoms with E-state index in [4.69, 9.17) is 13.9 Å². The van der Waals surface area contributed by atoms with Crippen molar-refractivity contribution >= 4 is 17.0 Å². The van der Waals surface area contributed by atoms with Crippen molar-refractivity contribution in [3.05, 3.63) is 51.7 Å². The zero-order valence-electron chi connectivity index (χ0n) is 19.7. The van der Waals surface area contributed by atoms with Crippen molar-refractivity contribution in [3.63, 3.8) is 0 Å². The minimum Gasteiger partial charge on any atom is -0.508 e. The Hall–Kier alpha value is -3.49. The largest absolute Gasteiger partial charge is 0.508 e. The lowest BCUT2D eigenvalue weighted by atomic mass is 9.93. The van der Waals surface area contributed by atoms with Crippen LogP contribution < -0.4 is 14.9 Å². The number of allylic oxidation sites excluding steroid dienone is 1. The third kappa shape index (κ3) is 3.99. The molecule has 1 aromatic heterocycles. The highest BCUT2D eigenvalue weighted by molar-refractivity contribution is 5.92. The Kier molecular flexibility index (Phi) is 6.05. The monoisotopic (exact) mass is 468 g/mol. The molecule has 0 bridgehead atoms. The smallest absolute Gasteiger partial charge is 0.200 e. The minimum absolute atomic E-state index is 0.0201. The number of ether oxygens (including phenoxy) is 2. The van der Waals surface area contributed by atoms with Crippen LogP contribution in [-0.2, 0) is 11.3 Å². The van der Waals surface area contributed by atoms with Gasteiger partial charge in [-0.3, -0.25) is 10.1 Å². The van der Waals surface area contributed by atoms with Gasteiger partial charge in [-0.2, -0.15) is 0 Å². The lowest BCUT2D eigenvalue weighted by molar-refractivity contribution is -0.330. The first-order valence-corrected chi connectivity index (χ1v) is 11.0. The van der Waals surface area contributed by atoms with Crippen LogP contribution in [0, 0.1) is 5.92 Å². The van der Waals surface area contributed by atoms with E-state index < -0.39 is 17.1 Å². The molecule has 0 spiro atoms. The third-order valence-corrected chi connectivity index (χ3v) is 6.00. The first-order chi connectivity index (χ1) is 16.1. The van der Waals surface area contributed by atoms with Gasteiger partial charge in [0.05, 0.1) is 18.2 Å². The molecule has 8 nitrogen and oxygen atoms in total. The minimum atomic E-state index is -1.20. The van der Waals surface area contributed by atoms with Gasteiger partial charge in [-0.1, -0.05) is 26.0 Å². The van der Waals surface area contributed by atoms with Crippen LogP contribution in [0.2, 0.25) is 0 Å². The van der Waals surface area contributed by atoms with Crippen LogP contribution in [0.5, 0.6) is 23.0 Å². The number of hydrogen-bond donors (Lipinski definition) is 3. The maximum Gasteiger partial charge on any atom is 0.200 e. The van der Waals surface area contributed by atoms with Crippen LogP contribution >= 0.6 is 0 Å². The van der Waals surface area contributed by atoms with E-state index in [1.54, 1.807) is 32.1 Å². The maximum absolute atomic E-state index is 13.8. The summed E-state index contributed by atoms with van der Waals surface area (Å²) >= 11 is 0. The van der Waals surface area contributed by atoms with Gasteiger partial charge in [-0.05, 0) is 31.9 Å². The first kappa shape index (κ1) is 23.7. The standard InChI is InChI=1S/C26H28O8/c1-13(2)6-8-15-18(31-5)12-20-22(23(15)28)24(29)17-11-21(26(3,4)34-30)32-19-10-14(27)7-9-16(19)25(17)33-20/h6-10,12-13,21,27-28,30H,11H2,1-5H3/t21-/m1/s1. The van der Waals surface area contributed by atoms with E-state index in [1.807, 2.05) is 19.9 Å². The first-order valence-electron chi connectivity index (χ1n) is 11.0.